The fourth-order valence-corrected chi connectivity index (χ4v) is 3.68. The number of rotatable bonds is 8. The van der Waals surface area contributed by atoms with Gasteiger partial charge in [0.15, 0.2) is 0 Å². The number of hydrogen-bond donors (Lipinski definition) is 1. The molecule has 166 valence electrons. The van der Waals surface area contributed by atoms with Crippen LogP contribution in [0.3, 0.4) is 0 Å². The van der Waals surface area contributed by atoms with Crippen molar-refractivity contribution in [2.45, 2.75) is 39.3 Å². The third kappa shape index (κ3) is 4.99. The Morgan fingerprint density at radius 2 is 1.84 bits per heavy atom. The zero-order valence-electron chi connectivity index (χ0n) is 18.7. The van der Waals surface area contributed by atoms with Crippen LogP contribution in [-0.4, -0.2) is 59.9 Å². The van der Waals surface area contributed by atoms with E-state index < -0.39 is 17.7 Å². The third-order valence-electron chi connectivity index (χ3n) is 5.07. The molecule has 1 aliphatic rings. The van der Waals surface area contributed by atoms with Gasteiger partial charge in [-0.15, -0.1) is 0 Å². The van der Waals surface area contributed by atoms with Crippen molar-refractivity contribution in [3.63, 3.8) is 0 Å². The summed E-state index contributed by atoms with van der Waals surface area (Å²) in [5.74, 6) is 0.243. The van der Waals surface area contributed by atoms with Crippen LogP contribution in [0.5, 0.6) is 5.75 Å². The van der Waals surface area contributed by atoms with Gasteiger partial charge in [-0.25, -0.2) is 0 Å². The zero-order valence-corrected chi connectivity index (χ0v) is 18.7. The van der Waals surface area contributed by atoms with Crippen molar-refractivity contribution in [2.24, 2.45) is 0 Å². The Morgan fingerprint density at radius 1 is 1.16 bits per heavy atom. The smallest absolute Gasteiger partial charge is 0.295 e. The Kier molecular flexibility index (Phi) is 6.85. The lowest BCUT2D eigenvalue weighted by Crippen LogP contribution is -2.32. The summed E-state index contributed by atoms with van der Waals surface area (Å²) in [5.41, 5.74) is 0.484. The number of aryl methyl sites for hydroxylation is 1. The summed E-state index contributed by atoms with van der Waals surface area (Å²) in [5, 5.41) is 11.0. The zero-order chi connectivity index (χ0) is 22.7. The Hall–Kier alpha value is -3.06. The van der Waals surface area contributed by atoms with Gasteiger partial charge >= 0.3 is 0 Å². The van der Waals surface area contributed by atoms with Crippen molar-refractivity contribution >= 4 is 17.4 Å². The molecule has 2 aromatic rings. The first-order valence-corrected chi connectivity index (χ1v) is 10.5. The van der Waals surface area contributed by atoms with E-state index in [0.717, 1.165) is 6.54 Å². The van der Waals surface area contributed by atoms with Crippen molar-refractivity contribution in [1.82, 2.24) is 9.80 Å². The lowest BCUT2D eigenvalue weighted by Gasteiger charge is -2.24. The van der Waals surface area contributed by atoms with Gasteiger partial charge in [0.2, 0.25) is 0 Å². The quantitative estimate of drug-likeness (QED) is 0.393. The first kappa shape index (κ1) is 22.6. The summed E-state index contributed by atoms with van der Waals surface area (Å²) in [4.78, 5) is 29.3. The molecule has 7 nitrogen and oxygen atoms in total. The molecule has 0 saturated carbocycles. The highest BCUT2D eigenvalue weighted by Gasteiger charge is 2.47. The number of carbonyl (C=O) groups is 2. The number of amides is 1. The summed E-state index contributed by atoms with van der Waals surface area (Å²) >= 11 is 0. The van der Waals surface area contributed by atoms with Crippen LogP contribution in [0.2, 0.25) is 0 Å². The number of ether oxygens (including phenoxy) is 1. The SMILES string of the molecule is Cc1ccc([C@H]2C(=C(O)c3ccc(OC(C)C)cc3)C(=O)C(=O)N2CCCN(C)C)o1. The highest BCUT2D eigenvalue weighted by Crippen LogP contribution is 2.40. The molecule has 1 amide bonds. The standard InChI is InChI=1S/C24H30N2O5/c1-15(2)30-18-10-8-17(9-11-18)22(27)20-21(19-12-7-16(3)31-19)26(24(29)23(20)28)14-6-13-25(4)5/h7-12,15,21,27H,6,13-14H2,1-5H3/t21-/m0/s1. The molecule has 1 saturated heterocycles. The Bertz CT molecular complexity index is 972. The summed E-state index contributed by atoms with van der Waals surface area (Å²) < 4.78 is 11.4. The maximum absolute atomic E-state index is 12.9. The van der Waals surface area contributed by atoms with E-state index in [1.165, 1.54) is 4.90 Å². The van der Waals surface area contributed by atoms with Gasteiger partial charge in [-0.2, -0.15) is 0 Å². The molecule has 1 aromatic heterocycles. The minimum absolute atomic E-state index is 0.0223. The van der Waals surface area contributed by atoms with Crippen LogP contribution in [0.1, 0.15) is 43.4 Å². The minimum atomic E-state index is -0.762. The second-order valence-electron chi connectivity index (χ2n) is 8.29. The predicted molar refractivity (Wildman–Crippen MR) is 118 cm³/mol. The maximum atomic E-state index is 12.9. The molecule has 0 spiro atoms. The van der Waals surface area contributed by atoms with Gasteiger partial charge in [-0.1, -0.05) is 0 Å². The van der Waals surface area contributed by atoms with Gasteiger partial charge < -0.3 is 24.1 Å². The van der Waals surface area contributed by atoms with E-state index >= 15 is 0 Å². The highest BCUT2D eigenvalue weighted by molar-refractivity contribution is 6.46. The van der Waals surface area contributed by atoms with Crippen LogP contribution in [-0.2, 0) is 9.59 Å². The maximum Gasteiger partial charge on any atom is 0.295 e. The molecule has 31 heavy (non-hydrogen) atoms. The summed E-state index contributed by atoms with van der Waals surface area (Å²) in [7, 11) is 3.91. The van der Waals surface area contributed by atoms with E-state index in [-0.39, 0.29) is 17.4 Å². The second kappa shape index (κ2) is 9.39. The van der Waals surface area contributed by atoms with E-state index in [2.05, 4.69) is 0 Å². The Morgan fingerprint density at radius 3 is 2.39 bits per heavy atom. The van der Waals surface area contributed by atoms with E-state index in [4.69, 9.17) is 9.15 Å². The van der Waals surface area contributed by atoms with Crippen molar-refractivity contribution < 1.29 is 23.8 Å². The van der Waals surface area contributed by atoms with E-state index in [0.29, 0.717) is 35.8 Å². The van der Waals surface area contributed by atoms with Crippen LogP contribution in [0, 0.1) is 6.92 Å². The van der Waals surface area contributed by atoms with E-state index in [9.17, 15) is 14.7 Å². The molecule has 1 aliphatic heterocycles. The fraction of sp³-hybridized carbons (Fsp3) is 0.417. The minimum Gasteiger partial charge on any atom is -0.507 e. The molecule has 2 heterocycles. The Balaban J connectivity index is 2.00. The van der Waals surface area contributed by atoms with E-state index in [1.807, 2.05) is 32.8 Å². The molecule has 1 fully saturated rings. The van der Waals surface area contributed by atoms with Crippen LogP contribution < -0.4 is 4.74 Å². The largest absolute Gasteiger partial charge is 0.507 e. The van der Waals surface area contributed by atoms with Crippen LogP contribution in [0.25, 0.3) is 5.76 Å². The fourth-order valence-electron chi connectivity index (χ4n) is 3.68. The number of hydrogen-bond acceptors (Lipinski definition) is 6. The number of aliphatic hydroxyl groups excluding tert-OH is 1. The van der Waals surface area contributed by atoms with Crippen LogP contribution in [0.4, 0.5) is 0 Å². The van der Waals surface area contributed by atoms with Crippen LogP contribution >= 0.6 is 0 Å². The van der Waals surface area contributed by atoms with Gasteiger partial charge in [-0.3, -0.25) is 9.59 Å². The number of aliphatic hydroxyl groups is 1. The van der Waals surface area contributed by atoms with Gasteiger partial charge in [0.25, 0.3) is 11.7 Å². The molecule has 1 aromatic carbocycles. The summed E-state index contributed by atoms with van der Waals surface area (Å²) in [6.45, 7) is 6.80. The van der Waals surface area contributed by atoms with Crippen molar-refractivity contribution in [2.75, 3.05) is 27.2 Å². The second-order valence-corrected chi connectivity index (χ2v) is 8.29. The van der Waals surface area contributed by atoms with Gasteiger partial charge in [0.1, 0.15) is 29.1 Å². The lowest BCUT2D eigenvalue weighted by molar-refractivity contribution is -0.140. The number of furan rings is 1. The molecule has 0 radical (unpaired) electrons. The molecular formula is C24H30N2O5. The summed E-state index contributed by atoms with van der Waals surface area (Å²) in [6, 6.07) is 9.59. The molecule has 1 N–H and O–H groups in total. The number of likely N-dealkylation sites (tertiary alicyclic amines) is 1. The van der Waals surface area contributed by atoms with Gasteiger partial charge in [-0.05, 0) is 84.2 Å². The monoisotopic (exact) mass is 426 g/mol. The number of Topliss-reactive ketones (excluding diaryl/α,β-unsaturated/α-hetero) is 1. The molecule has 7 heteroatoms. The molecule has 1 atom stereocenters. The van der Waals surface area contributed by atoms with Gasteiger partial charge in [0.05, 0.1) is 11.7 Å². The number of benzene rings is 1. The average molecular weight is 427 g/mol. The van der Waals surface area contributed by atoms with Gasteiger partial charge in [0, 0.05) is 12.1 Å². The van der Waals surface area contributed by atoms with Crippen molar-refractivity contribution in [3.8, 4) is 5.75 Å². The van der Waals surface area contributed by atoms with Crippen LogP contribution in [0.15, 0.2) is 46.4 Å². The average Bonchev–Trinajstić information content (AvgIpc) is 3.23. The first-order valence-electron chi connectivity index (χ1n) is 10.5. The normalized spacial score (nSPS) is 18.4. The topological polar surface area (TPSA) is 83.2 Å². The Labute approximate surface area is 182 Å². The number of ketones is 1. The highest BCUT2D eigenvalue weighted by atomic mass is 16.5. The number of carbonyl (C=O) groups excluding carboxylic acids is 2. The van der Waals surface area contributed by atoms with E-state index in [1.54, 1.807) is 43.3 Å². The van der Waals surface area contributed by atoms with Crippen molar-refractivity contribution in [1.29, 1.82) is 0 Å². The van der Waals surface area contributed by atoms with Crippen molar-refractivity contribution in [3.05, 3.63) is 59.1 Å². The molecule has 0 aliphatic carbocycles. The third-order valence-corrected chi connectivity index (χ3v) is 5.07. The number of nitrogens with zero attached hydrogens (tertiary/aromatic N) is 2. The molecule has 3 rings (SSSR count). The molecule has 0 bridgehead atoms. The predicted octanol–water partition coefficient (Wildman–Crippen LogP) is 3.75. The first-order chi connectivity index (χ1) is 14.7. The summed E-state index contributed by atoms with van der Waals surface area (Å²) in [6.07, 6.45) is 0.714. The molecule has 0 unspecified atom stereocenters. The lowest BCUT2D eigenvalue weighted by atomic mass is 9.99. The molecular weight excluding hydrogens is 396 g/mol.